The molecule has 0 unspecified atom stereocenters. The Morgan fingerprint density at radius 1 is 1.04 bits per heavy atom. The van der Waals surface area contributed by atoms with Crippen LogP contribution in [-0.2, 0) is 9.47 Å². The number of Topliss-reactive ketones (excluding diaryl/α,β-unsaturated/α-hetero) is 1. The number of nitrogens with zero attached hydrogens (tertiary/aromatic N) is 1. The summed E-state index contributed by atoms with van der Waals surface area (Å²) < 4.78 is 16.7. The van der Waals surface area contributed by atoms with Crippen LogP contribution in [0.25, 0.3) is 0 Å². The molecule has 1 aromatic rings. The van der Waals surface area contributed by atoms with Gasteiger partial charge in [-0.25, -0.2) is 0 Å². The van der Waals surface area contributed by atoms with Crippen LogP contribution < -0.4 is 4.74 Å². The van der Waals surface area contributed by atoms with E-state index in [0.29, 0.717) is 19.8 Å². The highest BCUT2D eigenvalue weighted by molar-refractivity contribution is 6.00. The van der Waals surface area contributed by atoms with E-state index in [1.165, 1.54) is 0 Å². The molecule has 1 aromatic carbocycles. The van der Waals surface area contributed by atoms with Crippen LogP contribution in [0.3, 0.4) is 0 Å². The summed E-state index contributed by atoms with van der Waals surface area (Å²) in [5.41, 5.74) is 0.725. The summed E-state index contributed by atoms with van der Waals surface area (Å²) in [7, 11) is 0. The standard InChI is InChI=1S/C20H29NO4/c22-20(17-7-13-23-14-8-17)18-5-1-2-6-19(18)25-12-4-3-9-21-10-15-24-16-11-21/h1-2,5-6,17H,3-4,7-16H2. The summed E-state index contributed by atoms with van der Waals surface area (Å²) in [4.78, 5) is 15.2. The lowest BCUT2D eigenvalue weighted by atomic mass is 9.90. The Kier molecular flexibility index (Phi) is 7.27. The van der Waals surface area contributed by atoms with Crippen LogP contribution >= 0.6 is 0 Å². The highest BCUT2D eigenvalue weighted by Gasteiger charge is 2.25. The van der Waals surface area contributed by atoms with Crippen LogP contribution in [0, 0.1) is 5.92 Å². The van der Waals surface area contributed by atoms with Crippen LogP contribution in [0.4, 0.5) is 0 Å². The molecule has 25 heavy (non-hydrogen) atoms. The quantitative estimate of drug-likeness (QED) is 0.535. The van der Waals surface area contributed by atoms with Gasteiger partial charge in [-0.3, -0.25) is 9.69 Å². The number of carbonyl (C=O) groups is 1. The molecule has 3 rings (SSSR count). The third-order valence-corrected chi connectivity index (χ3v) is 4.97. The molecule has 0 aliphatic carbocycles. The number of hydrogen-bond donors (Lipinski definition) is 0. The Hall–Kier alpha value is -1.43. The number of ketones is 1. The van der Waals surface area contributed by atoms with Gasteiger partial charge in [0, 0.05) is 32.2 Å². The molecule has 138 valence electrons. The molecule has 0 N–H and O–H groups in total. The lowest BCUT2D eigenvalue weighted by Gasteiger charge is -2.26. The van der Waals surface area contributed by atoms with E-state index in [2.05, 4.69) is 4.90 Å². The minimum Gasteiger partial charge on any atom is -0.493 e. The van der Waals surface area contributed by atoms with Crippen molar-refractivity contribution in [1.29, 1.82) is 0 Å². The van der Waals surface area contributed by atoms with Gasteiger partial charge in [-0.2, -0.15) is 0 Å². The fourth-order valence-corrected chi connectivity index (χ4v) is 3.42. The monoisotopic (exact) mass is 347 g/mol. The smallest absolute Gasteiger partial charge is 0.169 e. The number of rotatable bonds is 8. The Labute approximate surface area is 150 Å². The van der Waals surface area contributed by atoms with Gasteiger partial charge in [0.05, 0.1) is 25.4 Å². The predicted octanol–water partition coefficient (Wildman–Crippen LogP) is 2.79. The van der Waals surface area contributed by atoms with Crippen molar-refractivity contribution in [2.24, 2.45) is 5.92 Å². The Morgan fingerprint density at radius 3 is 2.56 bits per heavy atom. The molecule has 2 heterocycles. The van der Waals surface area contributed by atoms with Gasteiger partial charge in [0.2, 0.25) is 0 Å². The summed E-state index contributed by atoms with van der Waals surface area (Å²) in [6, 6.07) is 7.65. The van der Waals surface area contributed by atoms with Crippen LogP contribution in [0.2, 0.25) is 0 Å². The first-order valence-electron chi connectivity index (χ1n) is 9.48. The lowest BCUT2D eigenvalue weighted by Crippen LogP contribution is -2.36. The summed E-state index contributed by atoms with van der Waals surface area (Å²) in [5.74, 6) is 0.998. The maximum absolute atomic E-state index is 12.8. The van der Waals surface area contributed by atoms with Crippen LogP contribution in [-0.4, -0.2) is 63.4 Å². The van der Waals surface area contributed by atoms with Gasteiger partial charge in [-0.1, -0.05) is 12.1 Å². The second kappa shape index (κ2) is 9.90. The first-order chi connectivity index (χ1) is 12.3. The molecule has 0 aromatic heterocycles. The minimum absolute atomic E-state index is 0.0693. The van der Waals surface area contributed by atoms with E-state index in [-0.39, 0.29) is 11.7 Å². The topological polar surface area (TPSA) is 48.0 Å². The van der Waals surface area contributed by atoms with E-state index in [9.17, 15) is 4.79 Å². The first kappa shape index (κ1) is 18.4. The molecule has 0 radical (unpaired) electrons. The zero-order valence-electron chi connectivity index (χ0n) is 15.0. The summed E-state index contributed by atoms with van der Waals surface area (Å²) in [5, 5.41) is 0. The summed E-state index contributed by atoms with van der Waals surface area (Å²) >= 11 is 0. The van der Waals surface area contributed by atoms with Gasteiger partial charge < -0.3 is 14.2 Å². The van der Waals surface area contributed by atoms with E-state index in [4.69, 9.17) is 14.2 Å². The van der Waals surface area contributed by atoms with Crippen LogP contribution in [0.15, 0.2) is 24.3 Å². The van der Waals surface area contributed by atoms with Gasteiger partial charge in [-0.15, -0.1) is 0 Å². The molecule has 5 nitrogen and oxygen atoms in total. The number of hydrogen-bond acceptors (Lipinski definition) is 5. The fourth-order valence-electron chi connectivity index (χ4n) is 3.42. The molecule has 5 heteroatoms. The highest BCUT2D eigenvalue weighted by atomic mass is 16.5. The first-order valence-corrected chi connectivity index (χ1v) is 9.48. The zero-order valence-corrected chi connectivity index (χ0v) is 15.0. The molecule has 2 aliphatic rings. The van der Waals surface area contributed by atoms with Crippen molar-refractivity contribution in [2.75, 3.05) is 52.7 Å². The van der Waals surface area contributed by atoms with Gasteiger partial charge >= 0.3 is 0 Å². The third kappa shape index (κ3) is 5.53. The van der Waals surface area contributed by atoms with E-state index in [0.717, 1.165) is 69.8 Å². The van der Waals surface area contributed by atoms with Gasteiger partial charge in [-0.05, 0) is 44.4 Å². The fraction of sp³-hybridized carbons (Fsp3) is 0.650. The van der Waals surface area contributed by atoms with Gasteiger partial charge in [0.1, 0.15) is 5.75 Å². The summed E-state index contributed by atoms with van der Waals surface area (Å²) in [6.07, 6.45) is 3.73. The van der Waals surface area contributed by atoms with Crippen molar-refractivity contribution < 1.29 is 19.0 Å². The molecule has 2 aliphatic heterocycles. The lowest BCUT2D eigenvalue weighted by molar-refractivity contribution is 0.0368. The number of morpholine rings is 1. The molecule has 0 atom stereocenters. The average molecular weight is 347 g/mol. The maximum atomic E-state index is 12.8. The minimum atomic E-state index is 0.0693. The second-order valence-electron chi connectivity index (χ2n) is 6.76. The summed E-state index contributed by atoms with van der Waals surface area (Å²) in [6.45, 7) is 6.86. The Bertz CT molecular complexity index is 536. The number of benzene rings is 1. The highest BCUT2D eigenvalue weighted by Crippen LogP contribution is 2.26. The van der Waals surface area contributed by atoms with Gasteiger partial charge in [0.15, 0.2) is 5.78 Å². The normalized spacial score (nSPS) is 19.7. The third-order valence-electron chi connectivity index (χ3n) is 4.97. The molecule has 2 fully saturated rings. The van der Waals surface area contributed by atoms with E-state index < -0.39 is 0 Å². The molecule has 0 saturated carbocycles. The number of ether oxygens (including phenoxy) is 3. The van der Waals surface area contributed by atoms with E-state index in [1.54, 1.807) is 0 Å². The van der Waals surface area contributed by atoms with Crippen LogP contribution in [0.1, 0.15) is 36.0 Å². The largest absolute Gasteiger partial charge is 0.493 e. The van der Waals surface area contributed by atoms with Crippen molar-refractivity contribution in [3.63, 3.8) is 0 Å². The van der Waals surface area contributed by atoms with Crippen molar-refractivity contribution in [3.05, 3.63) is 29.8 Å². The molecule has 2 saturated heterocycles. The van der Waals surface area contributed by atoms with Crippen molar-refractivity contribution in [1.82, 2.24) is 4.90 Å². The molecule has 0 amide bonds. The predicted molar refractivity (Wildman–Crippen MR) is 96.3 cm³/mol. The SMILES string of the molecule is O=C(c1ccccc1OCCCCN1CCOCC1)C1CCOCC1. The van der Waals surface area contributed by atoms with Crippen molar-refractivity contribution in [2.45, 2.75) is 25.7 Å². The second-order valence-corrected chi connectivity index (χ2v) is 6.76. The number of para-hydroxylation sites is 1. The molecular formula is C20H29NO4. The maximum Gasteiger partial charge on any atom is 0.169 e. The van der Waals surface area contributed by atoms with E-state index >= 15 is 0 Å². The van der Waals surface area contributed by atoms with Crippen LogP contribution in [0.5, 0.6) is 5.75 Å². The van der Waals surface area contributed by atoms with Crippen molar-refractivity contribution >= 4 is 5.78 Å². The van der Waals surface area contributed by atoms with E-state index in [1.807, 2.05) is 24.3 Å². The molecule has 0 spiro atoms. The number of carbonyl (C=O) groups excluding carboxylic acids is 1. The van der Waals surface area contributed by atoms with Crippen molar-refractivity contribution in [3.8, 4) is 5.75 Å². The molecule has 0 bridgehead atoms. The van der Waals surface area contributed by atoms with Gasteiger partial charge in [0.25, 0.3) is 0 Å². The Morgan fingerprint density at radius 2 is 1.76 bits per heavy atom. The zero-order chi connectivity index (χ0) is 17.3. The number of unbranched alkanes of at least 4 members (excludes halogenated alkanes) is 1. The Balaban J connectivity index is 1.44. The molecular weight excluding hydrogens is 318 g/mol. The average Bonchev–Trinajstić information content (AvgIpc) is 2.69.